The number of carbonyl (C=O) groups excluding carboxylic acids is 1. The van der Waals surface area contributed by atoms with Crippen LogP contribution in [0.2, 0.25) is 0 Å². The molecular formula is C18H19FN2O5S3. The molecule has 2 aromatic rings. The molecule has 156 valence electrons. The summed E-state index contributed by atoms with van der Waals surface area (Å²) in [6, 6.07) is 10.4. The molecule has 11 heteroatoms. The molecular weight excluding hydrogens is 439 g/mol. The second-order valence-electron chi connectivity index (χ2n) is 5.68. The number of aliphatic carboxylic acids is 1. The zero-order chi connectivity index (χ0) is 21.3. The zero-order valence-corrected chi connectivity index (χ0v) is 17.6. The summed E-state index contributed by atoms with van der Waals surface area (Å²) in [6.45, 7) is 0.399. The Labute approximate surface area is 175 Å². The Balaban J connectivity index is 1.83. The predicted molar refractivity (Wildman–Crippen MR) is 113 cm³/mol. The predicted octanol–water partition coefficient (Wildman–Crippen LogP) is 3.21. The minimum absolute atomic E-state index is 0.0243. The van der Waals surface area contributed by atoms with Gasteiger partial charge < -0.3 is 10.4 Å². The number of hydrogen-bond donors (Lipinski definition) is 3. The molecule has 0 aliphatic heterocycles. The molecule has 0 fully saturated rings. The molecule has 0 atom stereocenters. The van der Waals surface area contributed by atoms with Crippen molar-refractivity contribution in [2.24, 2.45) is 0 Å². The molecule has 7 nitrogen and oxygen atoms in total. The van der Waals surface area contributed by atoms with Gasteiger partial charge in [-0.2, -0.15) is 0 Å². The average Bonchev–Trinajstić information content (AvgIpc) is 2.68. The van der Waals surface area contributed by atoms with Crippen LogP contribution in [0.25, 0.3) is 0 Å². The number of nitrogens with one attached hydrogen (secondary N) is 2. The number of sulfonamides is 1. The Hall–Kier alpha value is -2.24. The van der Waals surface area contributed by atoms with Crippen LogP contribution >= 0.6 is 21.6 Å². The summed E-state index contributed by atoms with van der Waals surface area (Å²) in [5, 5.41) is 11.2. The van der Waals surface area contributed by atoms with E-state index in [0.717, 1.165) is 12.1 Å². The molecule has 0 saturated heterocycles. The Bertz CT molecular complexity index is 935. The van der Waals surface area contributed by atoms with E-state index in [9.17, 15) is 22.4 Å². The Morgan fingerprint density at radius 3 is 2.21 bits per heavy atom. The minimum Gasteiger partial charge on any atom is -0.481 e. The maximum Gasteiger partial charge on any atom is 0.304 e. The van der Waals surface area contributed by atoms with Crippen molar-refractivity contribution in [1.82, 2.24) is 5.32 Å². The molecule has 0 aliphatic carbocycles. The second-order valence-corrected chi connectivity index (χ2v) is 10.1. The first-order valence-electron chi connectivity index (χ1n) is 8.41. The molecule has 2 rings (SSSR count). The summed E-state index contributed by atoms with van der Waals surface area (Å²) in [4.78, 5) is 22.5. The van der Waals surface area contributed by atoms with Gasteiger partial charge in [-0.1, -0.05) is 21.6 Å². The smallest absolute Gasteiger partial charge is 0.304 e. The number of anilines is 1. The molecule has 0 aromatic heterocycles. The molecule has 0 spiro atoms. The molecule has 0 saturated carbocycles. The quantitative estimate of drug-likeness (QED) is 0.350. The molecule has 0 aliphatic rings. The van der Waals surface area contributed by atoms with Gasteiger partial charge >= 0.3 is 5.97 Å². The van der Waals surface area contributed by atoms with Gasteiger partial charge in [0.25, 0.3) is 15.9 Å². The summed E-state index contributed by atoms with van der Waals surface area (Å²) in [7, 11) is -0.964. The monoisotopic (exact) mass is 458 g/mol. The summed E-state index contributed by atoms with van der Waals surface area (Å²) >= 11 is 0. The first-order valence-corrected chi connectivity index (χ1v) is 12.4. The Morgan fingerprint density at radius 1 is 0.966 bits per heavy atom. The third-order valence-corrected chi connectivity index (χ3v) is 7.28. The third kappa shape index (κ3) is 7.95. The number of amides is 1. The van der Waals surface area contributed by atoms with Crippen molar-refractivity contribution in [2.45, 2.75) is 11.3 Å². The van der Waals surface area contributed by atoms with Crippen molar-refractivity contribution < 1.29 is 27.5 Å². The molecule has 0 radical (unpaired) electrons. The van der Waals surface area contributed by atoms with Gasteiger partial charge in [0.05, 0.1) is 11.3 Å². The third-order valence-electron chi connectivity index (χ3n) is 3.48. The molecule has 1 amide bonds. The maximum atomic E-state index is 12.9. The Kier molecular flexibility index (Phi) is 8.80. The van der Waals surface area contributed by atoms with E-state index >= 15 is 0 Å². The van der Waals surface area contributed by atoms with E-state index in [0.29, 0.717) is 23.6 Å². The summed E-state index contributed by atoms with van der Waals surface area (Å²) in [5.74, 6) is -0.540. The SMILES string of the molecule is O=C(O)CCSSCCNC(=O)c1ccc(S(=O)(=O)Nc2ccc(F)cc2)cc1. The number of carboxylic acids is 1. The fraction of sp³-hybridized carbons (Fsp3) is 0.222. The number of hydrogen-bond acceptors (Lipinski definition) is 6. The van der Waals surface area contributed by atoms with Gasteiger partial charge in [0.15, 0.2) is 0 Å². The number of carbonyl (C=O) groups is 2. The van der Waals surface area contributed by atoms with Crippen molar-refractivity contribution in [3.05, 3.63) is 59.9 Å². The van der Waals surface area contributed by atoms with Gasteiger partial charge in [0.2, 0.25) is 0 Å². The number of benzene rings is 2. The zero-order valence-electron chi connectivity index (χ0n) is 15.1. The standard InChI is InChI=1S/C18H19FN2O5S3/c19-14-3-5-15(6-4-14)21-29(25,26)16-7-1-13(2-8-16)18(24)20-10-12-28-27-11-9-17(22)23/h1-8,21H,9-12H2,(H,20,24)(H,22,23). The van der Waals surface area contributed by atoms with Crippen LogP contribution in [-0.2, 0) is 14.8 Å². The summed E-state index contributed by atoms with van der Waals surface area (Å²) < 4.78 is 40.0. The second kappa shape index (κ2) is 11.1. The van der Waals surface area contributed by atoms with E-state index in [-0.39, 0.29) is 22.9 Å². The van der Waals surface area contributed by atoms with E-state index in [2.05, 4.69) is 10.0 Å². The van der Waals surface area contributed by atoms with Crippen molar-refractivity contribution >= 4 is 49.2 Å². The highest BCUT2D eigenvalue weighted by molar-refractivity contribution is 8.76. The number of halogens is 1. The van der Waals surface area contributed by atoms with Gasteiger partial charge in [0, 0.05) is 29.3 Å². The molecule has 0 unspecified atom stereocenters. The molecule has 3 N–H and O–H groups in total. The lowest BCUT2D eigenvalue weighted by Gasteiger charge is -2.09. The van der Waals surface area contributed by atoms with Crippen LogP contribution in [0.3, 0.4) is 0 Å². The van der Waals surface area contributed by atoms with Crippen LogP contribution in [0.5, 0.6) is 0 Å². The van der Waals surface area contributed by atoms with Crippen molar-refractivity contribution in [1.29, 1.82) is 0 Å². The molecule has 2 aromatic carbocycles. The largest absolute Gasteiger partial charge is 0.481 e. The fourth-order valence-corrected chi connectivity index (χ4v) is 5.02. The maximum absolute atomic E-state index is 12.9. The van der Waals surface area contributed by atoms with E-state index in [1.54, 1.807) is 0 Å². The summed E-state index contributed by atoms with van der Waals surface area (Å²) in [5.41, 5.74) is 0.543. The van der Waals surface area contributed by atoms with Crippen LogP contribution in [0.4, 0.5) is 10.1 Å². The minimum atomic E-state index is -3.86. The van der Waals surface area contributed by atoms with Gasteiger partial charge in [-0.3, -0.25) is 14.3 Å². The van der Waals surface area contributed by atoms with Crippen molar-refractivity contribution in [3.8, 4) is 0 Å². The van der Waals surface area contributed by atoms with Crippen LogP contribution in [-0.4, -0.2) is 43.5 Å². The summed E-state index contributed by atoms with van der Waals surface area (Å²) in [6.07, 6.45) is 0.0926. The highest BCUT2D eigenvalue weighted by atomic mass is 33.1. The van der Waals surface area contributed by atoms with Crippen molar-refractivity contribution in [3.63, 3.8) is 0 Å². The highest BCUT2D eigenvalue weighted by Gasteiger charge is 2.15. The van der Waals surface area contributed by atoms with Gasteiger partial charge in [-0.05, 0) is 48.5 Å². The van der Waals surface area contributed by atoms with Gasteiger partial charge in [-0.25, -0.2) is 12.8 Å². The lowest BCUT2D eigenvalue weighted by atomic mass is 10.2. The fourth-order valence-electron chi connectivity index (χ4n) is 2.07. The van der Waals surface area contributed by atoms with E-state index in [1.165, 1.54) is 58.0 Å². The van der Waals surface area contributed by atoms with Crippen LogP contribution in [0.1, 0.15) is 16.8 Å². The first-order chi connectivity index (χ1) is 13.8. The average molecular weight is 459 g/mol. The van der Waals surface area contributed by atoms with Crippen molar-refractivity contribution in [2.75, 3.05) is 22.8 Å². The highest BCUT2D eigenvalue weighted by Crippen LogP contribution is 2.21. The molecule has 29 heavy (non-hydrogen) atoms. The Morgan fingerprint density at radius 2 is 1.59 bits per heavy atom. The van der Waals surface area contributed by atoms with Crippen LogP contribution in [0.15, 0.2) is 53.4 Å². The van der Waals surface area contributed by atoms with Gasteiger partial charge in [-0.15, -0.1) is 0 Å². The first kappa shape index (κ1) is 23.0. The normalized spacial score (nSPS) is 11.1. The van der Waals surface area contributed by atoms with E-state index in [1.807, 2.05) is 0 Å². The lowest BCUT2D eigenvalue weighted by Crippen LogP contribution is -2.25. The van der Waals surface area contributed by atoms with Gasteiger partial charge in [0.1, 0.15) is 5.82 Å². The lowest BCUT2D eigenvalue weighted by molar-refractivity contribution is -0.136. The molecule has 0 heterocycles. The van der Waals surface area contributed by atoms with Crippen LogP contribution < -0.4 is 10.0 Å². The van der Waals surface area contributed by atoms with E-state index < -0.39 is 21.8 Å². The topological polar surface area (TPSA) is 113 Å². The number of rotatable bonds is 11. The van der Waals surface area contributed by atoms with Crippen LogP contribution in [0, 0.1) is 5.82 Å². The number of carboxylic acid groups (broad SMARTS) is 1. The van der Waals surface area contributed by atoms with E-state index in [4.69, 9.17) is 5.11 Å². The molecule has 0 bridgehead atoms.